The number of piperazine rings is 1. The summed E-state index contributed by atoms with van der Waals surface area (Å²) in [6, 6.07) is 8.93. The van der Waals surface area contributed by atoms with Crippen molar-refractivity contribution in [1.82, 2.24) is 15.1 Å². The van der Waals surface area contributed by atoms with Crippen LogP contribution in [0.15, 0.2) is 41.1 Å². The Balaban J connectivity index is 1.38. The van der Waals surface area contributed by atoms with Crippen molar-refractivity contribution < 1.29 is 14.3 Å². The van der Waals surface area contributed by atoms with Gasteiger partial charge in [-0.2, -0.15) is 11.3 Å². The third-order valence-electron chi connectivity index (χ3n) is 4.49. The van der Waals surface area contributed by atoms with Crippen LogP contribution in [0.5, 0.6) is 5.75 Å². The first-order valence-electron chi connectivity index (χ1n) is 8.63. The van der Waals surface area contributed by atoms with Crippen molar-refractivity contribution >= 4 is 23.2 Å². The van der Waals surface area contributed by atoms with E-state index in [1.165, 1.54) is 0 Å². The largest absolute Gasteiger partial charge is 0.497 e. The molecule has 138 valence electrons. The lowest BCUT2D eigenvalue weighted by atomic mass is 10.2. The highest BCUT2D eigenvalue weighted by atomic mass is 32.1. The van der Waals surface area contributed by atoms with E-state index in [1.807, 2.05) is 21.7 Å². The summed E-state index contributed by atoms with van der Waals surface area (Å²) in [5.41, 5.74) is 1.40. The first-order chi connectivity index (χ1) is 12.7. The number of amides is 2. The Morgan fingerprint density at radius 1 is 1.08 bits per heavy atom. The second kappa shape index (κ2) is 8.82. The maximum Gasteiger partial charge on any atom is 0.254 e. The zero-order chi connectivity index (χ0) is 18.4. The molecular formula is C19H23N3O3S. The molecule has 1 fully saturated rings. The molecule has 1 N–H and O–H groups in total. The molecule has 7 heteroatoms. The number of hydrogen-bond acceptors (Lipinski definition) is 5. The van der Waals surface area contributed by atoms with E-state index >= 15 is 0 Å². The molecule has 2 heterocycles. The van der Waals surface area contributed by atoms with E-state index in [-0.39, 0.29) is 11.8 Å². The zero-order valence-electron chi connectivity index (χ0n) is 14.8. The van der Waals surface area contributed by atoms with E-state index < -0.39 is 0 Å². The van der Waals surface area contributed by atoms with Gasteiger partial charge < -0.3 is 15.0 Å². The monoisotopic (exact) mass is 373 g/mol. The number of nitrogens with zero attached hydrogens (tertiary/aromatic N) is 2. The van der Waals surface area contributed by atoms with Crippen molar-refractivity contribution in [2.24, 2.45) is 0 Å². The van der Waals surface area contributed by atoms with E-state index in [1.54, 1.807) is 42.7 Å². The molecule has 1 aromatic carbocycles. The van der Waals surface area contributed by atoms with E-state index in [4.69, 9.17) is 4.74 Å². The van der Waals surface area contributed by atoms with E-state index in [0.29, 0.717) is 12.1 Å². The topological polar surface area (TPSA) is 61.9 Å². The maximum atomic E-state index is 12.3. The Kier molecular flexibility index (Phi) is 6.25. The average Bonchev–Trinajstić information content (AvgIpc) is 3.23. The van der Waals surface area contributed by atoms with Gasteiger partial charge in [0.1, 0.15) is 5.75 Å². The number of nitrogens with one attached hydrogen (secondary N) is 1. The number of ether oxygens (including phenoxy) is 1. The second-order valence-electron chi connectivity index (χ2n) is 6.13. The van der Waals surface area contributed by atoms with Crippen molar-refractivity contribution in [1.29, 1.82) is 0 Å². The Hall–Kier alpha value is -2.38. The third kappa shape index (κ3) is 4.62. The maximum absolute atomic E-state index is 12.3. The van der Waals surface area contributed by atoms with Gasteiger partial charge in [0.2, 0.25) is 0 Å². The highest BCUT2D eigenvalue weighted by Gasteiger charge is 2.22. The fourth-order valence-corrected chi connectivity index (χ4v) is 3.55. The van der Waals surface area contributed by atoms with Crippen LogP contribution in [0.4, 0.5) is 0 Å². The molecule has 6 nitrogen and oxygen atoms in total. The Labute approximate surface area is 157 Å². The molecule has 0 bridgehead atoms. The van der Waals surface area contributed by atoms with E-state index in [2.05, 4.69) is 10.2 Å². The molecule has 26 heavy (non-hydrogen) atoms. The number of thiophene rings is 1. The molecule has 0 atom stereocenters. The van der Waals surface area contributed by atoms with Crippen LogP contribution < -0.4 is 10.1 Å². The minimum atomic E-state index is -0.0843. The standard InChI is InChI=1S/C19H23N3O3S/c1-25-17-4-2-15(3-5-17)18(23)20-7-8-21-9-11-22(12-10-21)19(24)16-6-13-26-14-16/h2-6,13-14H,7-12H2,1H3,(H,20,23). The first-order valence-corrected chi connectivity index (χ1v) is 9.58. The third-order valence-corrected chi connectivity index (χ3v) is 5.18. The summed E-state index contributed by atoms with van der Waals surface area (Å²) in [7, 11) is 1.60. The van der Waals surface area contributed by atoms with Gasteiger partial charge in [-0.3, -0.25) is 14.5 Å². The summed E-state index contributed by atoms with van der Waals surface area (Å²) in [5.74, 6) is 0.758. The quantitative estimate of drug-likeness (QED) is 0.841. The molecule has 3 rings (SSSR count). The predicted octanol–water partition coefficient (Wildman–Crippen LogP) is 1.94. The van der Waals surface area contributed by atoms with Crippen LogP contribution in [0.25, 0.3) is 0 Å². The van der Waals surface area contributed by atoms with Crippen LogP contribution in [0.2, 0.25) is 0 Å². The Bertz CT molecular complexity index is 723. The Morgan fingerprint density at radius 3 is 2.42 bits per heavy atom. The molecule has 2 amide bonds. The van der Waals surface area contributed by atoms with Gasteiger partial charge in [0.25, 0.3) is 11.8 Å². The van der Waals surface area contributed by atoms with Crippen LogP contribution >= 0.6 is 11.3 Å². The lowest BCUT2D eigenvalue weighted by molar-refractivity contribution is 0.0638. The molecule has 0 saturated carbocycles. The normalized spacial score (nSPS) is 14.9. The van der Waals surface area contributed by atoms with Gasteiger partial charge in [0.05, 0.1) is 12.7 Å². The van der Waals surface area contributed by atoms with Crippen LogP contribution in [-0.4, -0.2) is 68.0 Å². The number of benzene rings is 1. The van der Waals surface area contributed by atoms with Crippen LogP contribution in [0, 0.1) is 0 Å². The molecule has 0 unspecified atom stereocenters. The van der Waals surface area contributed by atoms with Crippen molar-refractivity contribution in [2.75, 3.05) is 46.4 Å². The van der Waals surface area contributed by atoms with Crippen molar-refractivity contribution in [3.63, 3.8) is 0 Å². The van der Waals surface area contributed by atoms with Crippen LogP contribution in [-0.2, 0) is 0 Å². The molecule has 1 aliphatic heterocycles. The van der Waals surface area contributed by atoms with Gasteiger partial charge in [-0.1, -0.05) is 0 Å². The molecule has 0 spiro atoms. The molecule has 1 aromatic heterocycles. The number of hydrogen-bond donors (Lipinski definition) is 1. The number of carbonyl (C=O) groups is 2. The molecule has 0 radical (unpaired) electrons. The number of methoxy groups -OCH3 is 1. The fraction of sp³-hybridized carbons (Fsp3) is 0.368. The lowest BCUT2D eigenvalue weighted by Crippen LogP contribution is -2.50. The minimum Gasteiger partial charge on any atom is -0.497 e. The summed E-state index contributed by atoms with van der Waals surface area (Å²) in [6.45, 7) is 4.47. The van der Waals surface area contributed by atoms with Gasteiger partial charge in [-0.25, -0.2) is 0 Å². The second-order valence-corrected chi connectivity index (χ2v) is 6.91. The molecule has 0 aliphatic carbocycles. The zero-order valence-corrected chi connectivity index (χ0v) is 15.6. The number of carbonyl (C=O) groups excluding carboxylic acids is 2. The average molecular weight is 373 g/mol. The van der Waals surface area contributed by atoms with Crippen molar-refractivity contribution in [3.05, 3.63) is 52.2 Å². The van der Waals surface area contributed by atoms with Gasteiger partial charge in [0, 0.05) is 50.2 Å². The summed E-state index contributed by atoms with van der Waals surface area (Å²) in [5, 5.41) is 6.76. The molecule has 1 saturated heterocycles. The highest BCUT2D eigenvalue weighted by Crippen LogP contribution is 2.12. The van der Waals surface area contributed by atoms with Gasteiger partial charge in [0.15, 0.2) is 0 Å². The van der Waals surface area contributed by atoms with Gasteiger partial charge >= 0.3 is 0 Å². The lowest BCUT2D eigenvalue weighted by Gasteiger charge is -2.34. The summed E-state index contributed by atoms with van der Waals surface area (Å²) in [6.07, 6.45) is 0. The first kappa shape index (κ1) is 18.4. The summed E-state index contributed by atoms with van der Waals surface area (Å²) >= 11 is 1.54. The van der Waals surface area contributed by atoms with Gasteiger partial charge in [-0.15, -0.1) is 0 Å². The summed E-state index contributed by atoms with van der Waals surface area (Å²) < 4.78 is 5.09. The minimum absolute atomic E-state index is 0.0843. The highest BCUT2D eigenvalue weighted by molar-refractivity contribution is 7.08. The molecular weight excluding hydrogens is 350 g/mol. The number of rotatable bonds is 6. The fourth-order valence-electron chi connectivity index (χ4n) is 2.92. The van der Waals surface area contributed by atoms with Crippen molar-refractivity contribution in [2.45, 2.75) is 0 Å². The summed E-state index contributed by atoms with van der Waals surface area (Å²) in [4.78, 5) is 28.6. The molecule has 1 aliphatic rings. The van der Waals surface area contributed by atoms with E-state index in [0.717, 1.165) is 44.0 Å². The van der Waals surface area contributed by atoms with Crippen LogP contribution in [0.3, 0.4) is 0 Å². The Morgan fingerprint density at radius 2 is 1.81 bits per heavy atom. The SMILES string of the molecule is COc1ccc(C(=O)NCCN2CCN(C(=O)c3ccsc3)CC2)cc1. The van der Waals surface area contributed by atoms with Crippen LogP contribution in [0.1, 0.15) is 20.7 Å². The van der Waals surface area contributed by atoms with Crippen molar-refractivity contribution in [3.8, 4) is 5.75 Å². The smallest absolute Gasteiger partial charge is 0.254 e. The predicted molar refractivity (Wildman–Crippen MR) is 102 cm³/mol. The molecule has 2 aromatic rings. The van der Waals surface area contributed by atoms with E-state index in [9.17, 15) is 9.59 Å². The van der Waals surface area contributed by atoms with Gasteiger partial charge in [-0.05, 0) is 35.7 Å².